The minimum absolute atomic E-state index is 0.113. The number of benzene rings is 6. The molecule has 0 spiro atoms. The van der Waals surface area contributed by atoms with Gasteiger partial charge >= 0.3 is 0 Å². The summed E-state index contributed by atoms with van der Waals surface area (Å²) in [5, 5.41) is 7.86. The predicted molar refractivity (Wildman–Crippen MR) is 166 cm³/mol. The van der Waals surface area contributed by atoms with E-state index in [-0.39, 0.29) is 18.2 Å². The molecule has 0 fully saturated rings. The van der Waals surface area contributed by atoms with E-state index >= 15 is 0 Å². The molecular formula is C37H28N2O2. The molecule has 0 aromatic heterocycles. The van der Waals surface area contributed by atoms with Crippen molar-refractivity contribution < 1.29 is 9.59 Å². The second kappa shape index (κ2) is 10.5. The molecule has 1 N–H and O–H groups in total. The van der Waals surface area contributed by atoms with E-state index in [9.17, 15) is 9.59 Å². The summed E-state index contributed by atoms with van der Waals surface area (Å²) in [4.78, 5) is 28.9. The van der Waals surface area contributed by atoms with Crippen LogP contribution in [-0.2, 0) is 17.9 Å². The van der Waals surface area contributed by atoms with Crippen LogP contribution >= 0.6 is 0 Å². The van der Waals surface area contributed by atoms with E-state index in [1.165, 1.54) is 43.8 Å². The molecule has 0 saturated heterocycles. The van der Waals surface area contributed by atoms with Crippen molar-refractivity contribution in [2.24, 2.45) is 0 Å². The molecule has 4 heteroatoms. The van der Waals surface area contributed by atoms with Gasteiger partial charge in [0.25, 0.3) is 0 Å². The average molecular weight is 533 g/mol. The Bertz CT molecular complexity index is 1940. The molecule has 0 saturated carbocycles. The summed E-state index contributed by atoms with van der Waals surface area (Å²) in [6.07, 6.45) is 0. The summed E-state index contributed by atoms with van der Waals surface area (Å²) < 4.78 is 0. The van der Waals surface area contributed by atoms with E-state index < -0.39 is 0 Å². The first-order valence-corrected chi connectivity index (χ1v) is 13.9. The van der Waals surface area contributed by atoms with Gasteiger partial charge in [-0.3, -0.25) is 14.5 Å². The number of fused-ring (bicyclic) bond motifs is 6. The highest BCUT2D eigenvalue weighted by Crippen LogP contribution is 2.40. The van der Waals surface area contributed by atoms with Crippen molar-refractivity contribution in [1.82, 2.24) is 4.90 Å². The van der Waals surface area contributed by atoms with Crippen LogP contribution in [0.5, 0.6) is 0 Å². The quantitative estimate of drug-likeness (QED) is 0.230. The maximum absolute atomic E-state index is 13.5. The molecule has 6 aromatic carbocycles. The van der Waals surface area contributed by atoms with E-state index in [2.05, 4.69) is 83.0 Å². The molecule has 6 aromatic rings. The molecule has 198 valence electrons. The summed E-state index contributed by atoms with van der Waals surface area (Å²) in [6.45, 7) is 1.48. The lowest BCUT2D eigenvalue weighted by Gasteiger charge is -2.21. The van der Waals surface area contributed by atoms with Gasteiger partial charge in [0, 0.05) is 24.2 Å². The molecule has 7 rings (SSSR count). The van der Waals surface area contributed by atoms with Crippen LogP contribution in [-0.4, -0.2) is 23.1 Å². The summed E-state index contributed by atoms with van der Waals surface area (Å²) >= 11 is 0. The zero-order valence-corrected chi connectivity index (χ0v) is 22.5. The molecule has 0 bridgehead atoms. The van der Waals surface area contributed by atoms with Gasteiger partial charge in [-0.05, 0) is 68.1 Å². The Morgan fingerprint density at radius 1 is 0.634 bits per heavy atom. The van der Waals surface area contributed by atoms with Crippen LogP contribution in [0.15, 0.2) is 127 Å². The van der Waals surface area contributed by atoms with Crippen molar-refractivity contribution in [3.05, 3.63) is 150 Å². The average Bonchev–Trinajstić information content (AvgIpc) is 3.16. The SMILES string of the molecule is O=C(CN1Cc2cc3ccccc3cc2-c2c(ccc3ccccc23)C1)Nc1ccccc1C(=O)c1ccccc1. The van der Waals surface area contributed by atoms with E-state index in [0.29, 0.717) is 29.9 Å². The molecule has 0 unspecified atom stereocenters. The highest BCUT2D eigenvalue weighted by Gasteiger charge is 2.24. The zero-order valence-electron chi connectivity index (χ0n) is 22.5. The highest BCUT2D eigenvalue weighted by atomic mass is 16.2. The number of hydrogen-bond donors (Lipinski definition) is 1. The smallest absolute Gasteiger partial charge is 0.238 e. The monoisotopic (exact) mass is 532 g/mol. The zero-order chi connectivity index (χ0) is 27.8. The Kier molecular flexibility index (Phi) is 6.38. The summed E-state index contributed by atoms with van der Waals surface area (Å²) in [6, 6.07) is 42.2. The molecule has 1 aliphatic rings. The normalized spacial score (nSPS) is 12.9. The van der Waals surface area contributed by atoms with Crippen LogP contribution in [0.3, 0.4) is 0 Å². The lowest BCUT2D eigenvalue weighted by Crippen LogP contribution is -2.32. The fourth-order valence-electron chi connectivity index (χ4n) is 5.99. The Hall–Kier alpha value is -5.06. The van der Waals surface area contributed by atoms with Gasteiger partial charge in [0.15, 0.2) is 5.78 Å². The van der Waals surface area contributed by atoms with E-state index in [1.807, 2.05) is 30.3 Å². The highest BCUT2D eigenvalue weighted by molar-refractivity contribution is 6.14. The number of rotatable bonds is 5. The lowest BCUT2D eigenvalue weighted by atomic mass is 9.90. The molecular weight excluding hydrogens is 504 g/mol. The van der Waals surface area contributed by atoms with Crippen molar-refractivity contribution >= 4 is 38.9 Å². The lowest BCUT2D eigenvalue weighted by molar-refractivity contribution is -0.117. The third-order valence-electron chi connectivity index (χ3n) is 7.89. The van der Waals surface area contributed by atoms with Crippen molar-refractivity contribution in [2.75, 3.05) is 11.9 Å². The predicted octanol–water partition coefficient (Wildman–Crippen LogP) is 7.85. The number of hydrogen-bond acceptors (Lipinski definition) is 3. The van der Waals surface area contributed by atoms with Crippen molar-refractivity contribution in [3.8, 4) is 11.1 Å². The van der Waals surface area contributed by atoms with E-state index in [4.69, 9.17) is 0 Å². The Balaban J connectivity index is 1.23. The number of carbonyl (C=O) groups is 2. The fourth-order valence-corrected chi connectivity index (χ4v) is 5.99. The Morgan fingerprint density at radius 2 is 1.29 bits per heavy atom. The minimum Gasteiger partial charge on any atom is -0.324 e. The van der Waals surface area contributed by atoms with Gasteiger partial charge in [-0.2, -0.15) is 0 Å². The maximum Gasteiger partial charge on any atom is 0.238 e. The molecule has 4 nitrogen and oxygen atoms in total. The second-order valence-corrected chi connectivity index (χ2v) is 10.6. The number of amides is 1. The Morgan fingerprint density at radius 3 is 2.12 bits per heavy atom. The minimum atomic E-state index is -0.148. The fraction of sp³-hybridized carbons (Fsp3) is 0.0811. The van der Waals surface area contributed by atoms with Crippen LogP contribution in [0.25, 0.3) is 32.7 Å². The van der Waals surface area contributed by atoms with Crippen LogP contribution in [0.1, 0.15) is 27.0 Å². The van der Waals surface area contributed by atoms with Crippen LogP contribution in [0.2, 0.25) is 0 Å². The van der Waals surface area contributed by atoms with Crippen molar-refractivity contribution in [3.63, 3.8) is 0 Å². The summed E-state index contributed by atoms with van der Waals surface area (Å²) in [5.74, 6) is -0.261. The molecule has 0 atom stereocenters. The van der Waals surface area contributed by atoms with Gasteiger partial charge < -0.3 is 5.32 Å². The molecule has 1 aliphatic heterocycles. The van der Waals surface area contributed by atoms with E-state index in [1.54, 1.807) is 24.3 Å². The number of para-hydroxylation sites is 1. The number of nitrogens with zero attached hydrogens (tertiary/aromatic N) is 1. The van der Waals surface area contributed by atoms with Gasteiger partial charge in [-0.1, -0.05) is 103 Å². The second-order valence-electron chi connectivity index (χ2n) is 10.6. The number of carbonyl (C=O) groups excluding carboxylic acids is 2. The van der Waals surface area contributed by atoms with E-state index in [0.717, 1.165) is 0 Å². The van der Waals surface area contributed by atoms with Gasteiger partial charge in [-0.25, -0.2) is 0 Å². The van der Waals surface area contributed by atoms with Crippen molar-refractivity contribution in [2.45, 2.75) is 13.1 Å². The van der Waals surface area contributed by atoms with Crippen LogP contribution in [0.4, 0.5) is 5.69 Å². The first-order chi connectivity index (χ1) is 20.1. The largest absolute Gasteiger partial charge is 0.324 e. The first-order valence-electron chi connectivity index (χ1n) is 13.9. The number of anilines is 1. The molecule has 0 aliphatic carbocycles. The van der Waals surface area contributed by atoms with Gasteiger partial charge in [0.05, 0.1) is 12.2 Å². The number of ketones is 1. The van der Waals surface area contributed by atoms with Gasteiger partial charge in [0.1, 0.15) is 0 Å². The van der Waals surface area contributed by atoms with Crippen LogP contribution in [0, 0.1) is 0 Å². The number of nitrogens with one attached hydrogen (secondary N) is 1. The molecule has 0 radical (unpaired) electrons. The first kappa shape index (κ1) is 24.9. The summed E-state index contributed by atoms with van der Waals surface area (Å²) in [5.41, 5.74) is 6.46. The summed E-state index contributed by atoms with van der Waals surface area (Å²) in [7, 11) is 0. The maximum atomic E-state index is 13.5. The standard InChI is InChI=1S/C37H28N2O2/c40-35(38-34-17-9-8-16-32(34)37(41)26-11-2-1-3-12-26)24-39-22-29-19-18-25-10-6-7-15-31(25)36(29)33-21-28-14-5-4-13-27(28)20-30(33)23-39/h1-21H,22-24H2,(H,38,40). The third-order valence-corrected chi connectivity index (χ3v) is 7.89. The Labute approximate surface area is 238 Å². The van der Waals surface area contributed by atoms with Gasteiger partial charge in [-0.15, -0.1) is 0 Å². The van der Waals surface area contributed by atoms with Gasteiger partial charge in [0.2, 0.25) is 5.91 Å². The molecule has 41 heavy (non-hydrogen) atoms. The molecule has 1 heterocycles. The topological polar surface area (TPSA) is 49.4 Å². The van der Waals surface area contributed by atoms with Crippen LogP contribution < -0.4 is 5.32 Å². The third kappa shape index (κ3) is 4.79. The van der Waals surface area contributed by atoms with Crippen molar-refractivity contribution in [1.29, 1.82) is 0 Å². The molecule has 1 amide bonds.